The second kappa shape index (κ2) is 4.55. The first-order chi connectivity index (χ1) is 8.09. The quantitative estimate of drug-likeness (QED) is 0.830. The number of carbonyl (C=O) groups is 1. The highest BCUT2D eigenvalue weighted by Crippen LogP contribution is 2.23. The van der Waals surface area contributed by atoms with E-state index < -0.39 is 0 Å². The number of halogens is 1. The van der Waals surface area contributed by atoms with E-state index in [1.807, 2.05) is 0 Å². The lowest BCUT2D eigenvalue weighted by molar-refractivity contribution is 0.101. The van der Waals surface area contributed by atoms with Crippen LogP contribution in [0.4, 0.5) is 0 Å². The summed E-state index contributed by atoms with van der Waals surface area (Å²) < 4.78 is 0. The lowest BCUT2D eigenvalue weighted by atomic mass is 9.99. The van der Waals surface area contributed by atoms with Gasteiger partial charge in [-0.05, 0) is 36.2 Å². The van der Waals surface area contributed by atoms with Crippen molar-refractivity contribution in [3.05, 3.63) is 57.5 Å². The molecule has 0 bridgehead atoms. The number of aromatic amines is 1. The summed E-state index contributed by atoms with van der Waals surface area (Å²) in [7, 11) is 0. The third-order valence-corrected chi connectivity index (χ3v) is 2.72. The topological polar surface area (TPSA) is 49.9 Å². The van der Waals surface area contributed by atoms with Crippen molar-refractivity contribution in [3.8, 4) is 11.1 Å². The number of nitrogens with one attached hydrogen (secondary N) is 1. The molecule has 1 aromatic carbocycles. The average molecular weight is 248 g/mol. The molecule has 0 radical (unpaired) electrons. The van der Waals surface area contributed by atoms with Crippen molar-refractivity contribution in [2.24, 2.45) is 0 Å². The molecule has 0 aliphatic rings. The maximum Gasteiger partial charge on any atom is 0.259 e. The highest BCUT2D eigenvalue weighted by molar-refractivity contribution is 6.30. The number of Topliss-reactive ketones (excluding diaryl/α,β-unsaturated/α-hetero) is 1. The number of ketones is 1. The normalized spacial score (nSPS) is 10.2. The highest BCUT2D eigenvalue weighted by Gasteiger charge is 2.12. The summed E-state index contributed by atoms with van der Waals surface area (Å²) in [5.74, 6) is -0.253. The van der Waals surface area contributed by atoms with E-state index in [9.17, 15) is 9.59 Å². The fourth-order valence-corrected chi connectivity index (χ4v) is 1.82. The lowest BCUT2D eigenvalue weighted by Crippen LogP contribution is -2.16. The maximum atomic E-state index is 11.6. The molecule has 4 heteroatoms. The Hall–Kier alpha value is -1.87. The lowest BCUT2D eigenvalue weighted by Gasteiger charge is -2.05. The molecular weight excluding hydrogens is 238 g/mol. The van der Waals surface area contributed by atoms with E-state index in [2.05, 4.69) is 4.98 Å². The van der Waals surface area contributed by atoms with E-state index in [4.69, 9.17) is 11.6 Å². The van der Waals surface area contributed by atoms with Crippen molar-refractivity contribution in [1.29, 1.82) is 0 Å². The van der Waals surface area contributed by atoms with Crippen LogP contribution < -0.4 is 5.56 Å². The molecule has 0 saturated heterocycles. The molecule has 1 N–H and O–H groups in total. The third kappa shape index (κ3) is 2.29. The zero-order chi connectivity index (χ0) is 12.4. The van der Waals surface area contributed by atoms with Gasteiger partial charge >= 0.3 is 0 Å². The van der Waals surface area contributed by atoms with Crippen LogP contribution in [0.2, 0.25) is 5.02 Å². The smallest absolute Gasteiger partial charge is 0.259 e. The van der Waals surface area contributed by atoms with Crippen LogP contribution in [0.5, 0.6) is 0 Å². The van der Waals surface area contributed by atoms with Gasteiger partial charge < -0.3 is 4.98 Å². The Morgan fingerprint density at radius 1 is 1.18 bits per heavy atom. The van der Waals surface area contributed by atoms with E-state index in [-0.39, 0.29) is 16.9 Å². The molecule has 86 valence electrons. The van der Waals surface area contributed by atoms with Crippen molar-refractivity contribution in [1.82, 2.24) is 4.98 Å². The minimum Gasteiger partial charge on any atom is -0.328 e. The van der Waals surface area contributed by atoms with Gasteiger partial charge in [0.05, 0.1) is 5.56 Å². The largest absolute Gasteiger partial charge is 0.328 e. The number of hydrogen-bond donors (Lipinski definition) is 1. The van der Waals surface area contributed by atoms with Crippen molar-refractivity contribution in [2.75, 3.05) is 0 Å². The van der Waals surface area contributed by atoms with E-state index in [1.54, 1.807) is 30.3 Å². The summed E-state index contributed by atoms with van der Waals surface area (Å²) in [6, 6.07) is 8.72. The second-order valence-electron chi connectivity index (χ2n) is 3.66. The van der Waals surface area contributed by atoms with Gasteiger partial charge in [0.2, 0.25) is 0 Å². The molecule has 0 atom stereocenters. The predicted molar refractivity (Wildman–Crippen MR) is 67.5 cm³/mol. The van der Waals surface area contributed by atoms with Gasteiger partial charge in [0.15, 0.2) is 5.78 Å². The Kier molecular flexibility index (Phi) is 3.11. The van der Waals surface area contributed by atoms with Crippen LogP contribution in [0, 0.1) is 0 Å². The minimum absolute atomic E-state index is 0.176. The molecule has 2 aromatic rings. The Morgan fingerprint density at radius 2 is 1.82 bits per heavy atom. The molecule has 0 aliphatic heterocycles. The molecular formula is C13H10ClNO2. The van der Waals surface area contributed by atoms with Gasteiger partial charge in [0.25, 0.3) is 5.56 Å². The van der Waals surface area contributed by atoms with E-state index >= 15 is 0 Å². The summed E-state index contributed by atoms with van der Waals surface area (Å²) in [6.07, 6.45) is 1.53. The van der Waals surface area contributed by atoms with Gasteiger partial charge in [0.1, 0.15) is 0 Å². The van der Waals surface area contributed by atoms with Gasteiger partial charge in [0, 0.05) is 11.2 Å². The van der Waals surface area contributed by atoms with Gasteiger partial charge in [-0.25, -0.2) is 0 Å². The first kappa shape index (κ1) is 11.6. The van der Waals surface area contributed by atoms with Crippen LogP contribution in [0.3, 0.4) is 0 Å². The summed E-state index contributed by atoms with van der Waals surface area (Å²) in [6.45, 7) is 1.38. The number of hydrogen-bond acceptors (Lipinski definition) is 2. The molecule has 2 rings (SSSR count). The van der Waals surface area contributed by atoms with Crippen LogP contribution in [0.15, 0.2) is 41.3 Å². The predicted octanol–water partition coefficient (Wildman–Crippen LogP) is 2.90. The standard InChI is InChI=1S/C13H10ClNO2/c1-8(16)12-11(6-7-15-13(12)17)9-2-4-10(14)5-3-9/h2-7H,1H3,(H,15,17). The molecule has 1 heterocycles. The molecule has 0 fully saturated rings. The van der Waals surface area contributed by atoms with E-state index in [0.29, 0.717) is 10.6 Å². The summed E-state index contributed by atoms with van der Waals surface area (Å²) in [4.78, 5) is 25.6. The third-order valence-electron chi connectivity index (χ3n) is 2.47. The van der Waals surface area contributed by atoms with Gasteiger partial charge in [-0.3, -0.25) is 9.59 Å². The van der Waals surface area contributed by atoms with Gasteiger partial charge in [-0.2, -0.15) is 0 Å². The van der Waals surface area contributed by atoms with Crippen molar-refractivity contribution in [3.63, 3.8) is 0 Å². The van der Waals surface area contributed by atoms with E-state index in [0.717, 1.165) is 5.56 Å². The zero-order valence-electron chi connectivity index (χ0n) is 9.16. The minimum atomic E-state index is -0.370. The van der Waals surface area contributed by atoms with Crippen LogP contribution in [-0.4, -0.2) is 10.8 Å². The molecule has 1 aromatic heterocycles. The molecule has 3 nitrogen and oxygen atoms in total. The second-order valence-corrected chi connectivity index (χ2v) is 4.09. The monoisotopic (exact) mass is 247 g/mol. The Labute approximate surface area is 103 Å². The van der Waals surface area contributed by atoms with Crippen molar-refractivity contribution >= 4 is 17.4 Å². The molecule has 0 aliphatic carbocycles. The van der Waals surface area contributed by atoms with Crippen LogP contribution in [0.1, 0.15) is 17.3 Å². The van der Waals surface area contributed by atoms with Gasteiger partial charge in [-0.15, -0.1) is 0 Å². The first-order valence-corrected chi connectivity index (χ1v) is 5.46. The molecule has 0 unspecified atom stereocenters. The van der Waals surface area contributed by atoms with Crippen molar-refractivity contribution < 1.29 is 4.79 Å². The zero-order valence-corrected chi connectivity index (χ0v) is 9.91. The SMILES string of the molecule is CC(=O)c1c(-c2ccc(Cl)cc2)cc[nH]c1=O. The molecule has 0 saturated carbocycles. The Morgan fingerprint density at radius 3 is 2.41 bits per heavy atom. The fraction of sp³-hybridized carbons (Fsp3) is 0.0769. The maximum absolute atomic E-state index is 11.6. The van der Waals surface area contributed by atoms with Crippen LogP contribution >= 0.6 is 11.6 Å². The van der Waals surface area contributed by atoms with Crippen LogP contribution in [0.25, 0.3) is 11.1 Å². The van der Waals surface area contributed by atoms with E-state index in [1.165, 1.54) is 13.1 Å². The number of carbonyl (C=O) groups excluding carboxylic acids is 1. The average Bonchev–Trinajstić information content (AvgIpc) is 2.29. The fourth-order valence-electron chi connectivity index (χ4n) is 1.70. The summed E-state index contributed by atoms with van der Waals surface area (Å²) in [5, 5.41) is 0.614. The highest BCUT2D eigenvalue weighted by atomic mass is 35.5. The number of rotatable bonds is 2. The molecule has 0 spiro atoms. The van der Waals surface area contributed by atoms with Crippen LogP contribution in [-0.2, 0) is 0 Å². The van der Waals surface area contributed by atoms with Gasteiger partial charge in [-0.1, -0.05) is 23.7 Å². The number of pyridine rings is 1. The summed E-state index contributed by atoms with van der Waals surface area (Å²) in [5.41, 5.74) is 1.23. The number of aromatic nitrogens is 1. The number of H-pyrrole nitrogens is 1. The molecule has 0 amide bonds. The Bertz CT molecular complexity index is 614. The number of benzene rings is 1. The Balaban J connectivity index is 2.67. The van der Waals surface area contributed by atoms with Crippen molar-refractivity contribution in [2.45, 2.75) is 6.92 Å². The summed E-state index contributed by atoms with van der Waals surface area (Å²) >= 11 is 5.80. The molecule has 17 heavy (non-hydrogen) atoms. The first-order valence-electron chi connectivity index (χ1n) is 5.08.